The minimum Gasteiger partial charge on any atom is -0.497 e. The lowest BCUT2D eigenvalue weighted by Crippen LogP contribution is -2.27. The third kappa shape index (κ3) is 5.79. The molecule has 0 aliphatic carbocycles. The van der Waals surface area contributed by atoms with Crippen LogP contribution in [0.15, 0.2) is 53.9 Å². The van der Waals surface area contributed by atoms with Crippen LogP contribution < -0.4 is 20.1 Å². The van der Waals surface area contributed by atoms with E-state index in [2.05, 4.69) is 20.8 Å². The number of thioether (sulfide) groups is 1. The first-order chi connectivity index (χ1) is 15.4. The van der Waals surface area contributed by atoms with Crippen molar-refractivity contribution in [3.63, 3.8) is 0 Å². The van der Waals surface area contributed by atoms with Crippen molar-refractivity contribution in [1.82, 2.24) is 20.1 Å². The number of carbonyl (C=O) groups is 2. The lowest BCUT2D eigenvalue weighted by molar-refractivity contribution is -0.113. The Balaban J connectivity index is 1.63. The van der Waals surface area contributed by atoms with Crippen LogP contribution in [0.1, 0.15) is 28.9 Å². The fourth-order valence-corrected chi connectivity index (χ4v) is 3.69. The maximum atomic E-state index is 12.8. The Morgan fingerprint density at radius 2 is 1.97 bits per heavy atom. The predicted octanol–water partition coefficient (Wildman–Crippen LogP) is 3.05. The van der Waals surface area contributed by atoms with Gasteiger partial charge in [0.15, 0.2) is 5.16 Å². The van der Waals surface area contributed by atoms with Crippen molar-refractivity contribution in [2.75, 3.05) is 25.3 Å². The van der Waals surface area contributed by atoms with Crippen LogP contribution in [-0.2, 0) is 11.8 Å². The highest BCUT2D eigenvalue weighted by atomic mass is 32.2. The Labute approximate surface area is 190 Å². The first kappa shape index (κ1) is 23.1. The fraction of sp³-hybridized carbons (Fsp3) is 0.273. The Hall–Kier alpha value is -3.53. The van der Waals surface area contributed by atoms with Gasteiger partial charge >= 0.3 is 0 Å². The van der Waals surface area contributed by atoms with E-state index in [-0.39, 0.29) is 23.6 Å². The second kappa shape index (κ2) is 10.7. The van der Waals surface area contributed by atoms with Gasteiger partial charge in [-0.25, -0.2) is 0 Å². The molecule has 32 heavy (non-hydrogen) atoms. The molecule has 2 aromatic carbocycles. The highest BCUT2D eigenvalue weighted by molar-refractivity contribution is 7.99. The standard InChI is InChI=1S/C22H25N5O4S/c1-14(18-11-17(30-3)8-9-19(18)31-4)24-21(29)15-6-5-7-16(10-15)25-20(28)12-32-22-26-23-13-27(22)2/h5-11,13-14H,12H2,1-4H3,(H,24,29)(H,25,28). The van der Waals surface area contributed by atoms with Crippen molar-refractivity contribution >= 4 is 29.3 Å². The third-order valence-electron chi connectivity index (χ3n) is 4.66. The normalized spacial score (nSPS) is 11.5. The van der Waals surface area contributed by atoms with Gasteiger partial charge in [0.1, 0.15) is 17.8 Å². The summed E-state index contributed by atoms with van der Waals surface area (Å²) in [7, 11) is 4.97. The lowest BCUT2D eigenvalue weighted by Gasteiger charge is -2.18. The van der Waals surface area contributed by atoms with Gasteiger partial charge in [-0.05, 0) is 43.3 Å². The van der Waals surface area contributed by atoms with Crippen molar-refractivity contribution in [2.45, 2.75) is 18.1 Å². The average Bonchev–Trinajstić information content (AvgIpc) is 3.21. The number of amides is 2. The summed E-state index contributed by atoms with van der Waals surface area (Å²) < 4.78 is 12.4. The van der Waals surface area contributed by atoms with E-state index in [0.29, 0.717) is 27.9 Å². The Bertz CT molecular complexity index is 1100. The summed E-state index contributed by atoms with van der Waals surface area (Å²) in [5, 5.41) is 14.1. The summed E-state index contributed by atoms with van der Waals surface area (Å²) in [6.45, 7) is 1.87. The summed E-state index contributed by atoms with van der Waals surface area (Å²) in [6, 6.07) is 11.9. The smallest absolute Gasteiger partial charge is 0.251 e. The molecule has 9 nitrogen and oxygen atoms in total. The number of nitrogens with zero attached hydrogens (tertiary/aromatic N) is 3. The Morgan fingerprint density at radius 3 is 2.66 bits per heavy atom. The number of benzene rings is 2. The Kier molecular flexibility index (Phi) is 7.72. The molecule has 1 aromatic heterocycles. The number of carbonyl (C=O) groups excluding carboxylic acids is 2. The van der Waals surface area contributed by atoms with E-state index in [9.17, 15) is 9.59 Å². The molecule has 168 valence electrons. The highest BCUT2D eigenvalue weighted by Crippen LogP contribution is 2.29. The van der Waals surface area contributed by atoms with E-state index < -0.39 is 0 Å². The van der Waals surface area contributed by atoms with Crippen LogP contribution in [-0.4, -0.2) is 46.6 Å². The SMILES string of the molecule is COc1ccc(OC)c(C(C)NC(=O)c2cccc(NC(=O)CSc3nncn3C)c2)c1. The van der Waals surface area contributed by atoms with E-state index in [4.69, 9.17) is 9.47 Å². The van der Waals surface area contributed by atoms with E-state index in [1.165, 1.54) is 11.8 Å². The van der Waals surface area contributed by atoms with Gasteiger partial charge in [0, 0.05) is 23.9 Å². The summed E-state index contributed by atoms with van der Waals surface area (Å²) in [4.78, 5) is 25.1. The number of ether oxygens (including phenoxy) is 2. The zero-order chi connectivity index (χ0) is 23.1. The molecule has 0 saturated carbocycles. The first-order valence-corrected chi connectivity index (χ1v) is 10.8. The summed E-state index contributed by atoms with van der Waals surface area (Å²) >= 11 is 1.28. The lowest BCUT2D eigenvalue weighted by atomic mass is 10.1. The van der Waals surface area contributed by atoms with Crippen LogP contribution in [0.3, 0.4) is 0 Å². The van der Waals surface area contributed by atoms with Gasteiger partial charge in [0.05, 0.1) is 26.0 Å². The summed E-state index contributed by atoms with van der Waals surface area (Å²) in [5.74, 6) is 1.03. The molecule has 1 heterocycles. The van der Waals surface area contributed by atoms with Crippen molar-refractivity contribution in [2.24, 2.45) is 7.05 Å². The number of hydrogen-bond acceptors (Lipinski definition) is 7. The second-order valence-electron chi connectivity index (χ2n) is 6.95. The molecule has 1 unspecified atom stereocenters. The van der Waals surface area contributed by atoms with Crippen LogP contribution in [0.4, 0.5) is 5.69 Å². The quantitative estimate of drug-likeness (QED) is 0.478. The molecule has 0 saturated heterocycles. The number of hydrogen-bond donors (Lipinski definition) is 2. The van der Waals surface area contributed by atoms with Crippen molar-refractivity contribution < 1.29 is 19.1 Å². The molecule has 0 bridgehead atoms. The van der Waals surface area contributed by atoms with Gasteiger partial charge in [-0.2, -0.15) is 0 Å². The monoisotopic (exact) mass is 455 g/mol. The van der Waals surface area contributed by atoms with Crippen molar-refractivity contribution in [1.29, 1.82) is 0 Å². The topological polar surface area (TPSA) is 107 Å². The number of anilines is 1. The molecule has 0 aliphatic rings. The molecule has 2 amide bonds. The molecule has 3 rings (SSSR count). The minimum atomic E-state index is -0.325. The molecule has 3 aromatic rings. The van der Waals surface area contributed by atoms with Crippen LogP contribution >= 0.6 is 11.8 Å². The molecule has 0 spiro atoms. The number of methoxy groups -OCH3 is 2. The number of aryl methyl sites for hydroxylation is 1. The summed E-state index contributed by atoms with van der Waals surface area (Å²) in [6.07, 6.45) is 1.57. The van der Waals surface area contributed by atoms with E-state index in [1.807, 2.05) is 20.0 Å². The maximum Gasteiger partial charge on any atom is 0.251 e. The Morgan fingerprint density at radius 1 is 1.16 bits per heavy atom. The zero-order valence-corrected chi connectivity index (χ0v) is 19.1. The largest absolute Gasteiger partial charge is 0.497 e. The highest BCUT2D eigenvalue weighted by Gasteiger charge is 2.17. The van der Waals surface area contributed by atoms with E-state index in [0.717, 1.165) is 5.56 Å². The van der Waals surface area contributed by atoms with Crippen LogP contribution in [0.2, 0.25) is 0 Å². The fourth-order valence-electron chi connectivity index (χ4n) is 3.00. The van der Waals surface area contributed by atoms with Gasteiger partial charge in [-0.3, -0.25) is 9.59 Å². The molecule has 0 aliphatic heterocycles. The van der Waals surface area contributed by atoms with E-state index >= 15 is 0 Å². The zero-order valence-electron chi connectivity index (χ0n) is 18.3. The molecule has 10 heteroatoms. The van der Waals surface area contributed by atoms with Gasteiger partial charge in [-0.1, -0.05) is 17.8 Å². The molecule has 0 fully saturated rings. The average molecular weight is 456 g/mol. The van der Waals surface area contributed by atoms with Crippen LogP contribution in [0.25, 0.3) is 0 Å². The van der Waals surface area contributed by atoms with Crippen molar-refractivity contribution in [3.05, 3.63) is 59.9 Å². The minimum absolute atomic E-state index is 0.176. The first-order valence-electron chi connectivity index (χ1n) is 9.80. The maximum absolute atomic E-state index is 12.8. The third-order valence-corrected chi connectivity index (χ3v) is 5.70. The molecule has 0 radical (unpaired) electrons. The van der Waals surface area contributed by atoms with Gasteiger partial charge in [0.2, 0.25) is 5.91 Å². The van der Waals surface area contributed by atoms with Gasteiger partial charge < -0.3 is 24.7 Å². The number of nitrogens with one attached hydrogen (secondary N) is 2. The second-order valence-corrected chi connectivity index (χ2v) is 7.89. The van der Waals surface area contributed by atoms with Crippen LogP contribution in [0.5, 0.6) is 11.5 Å². The summed E-state index contributed by atoms with van der Waals surface area (Å²) in [5.41, 5.74) is 1.76. The number of aromatic nitrogens is 3. The van der Waals surface area contributed by atoms with Gasteiger partial charge in [-0.15, -0.1) is 10.2 Å². The molecule has 2 N–H and O–H groups in total. The van der Waals surface area contributed by atoms with Gasteiger partial charge in [0.25, 0.3) is 5.91 Å². The van der Waals surface area contributed by atoms with E-state index in [1.54, 1.807) is 61.5 Å². The number of rotatable bonds is 9. The van der Waals surface area contributed by atoms with Crippen LogP contribution in [0, 0.1) is 0 Å². The molecular formula is C22H25N5O4S. The predicted molar refractivity (Wildman–Crippen MR) is 122 cm³/mol. The molecule has 1 atom stereocenters. The van der Waals surface area contributed by atoms with Crippen molar-refractivity contribution in [3.8, 4) is 11.5 Å². The molecular weight excluding hydrogens is 430 g/mol.